The number of pyridine rings is 1. The van der Waals surface area contributed by atoms with Crippen LogP contribution >= 0.6 is 0 Å². The van der Waals surface area contributed by atoms with Crippen molar-refractivity contribution < 1.29 is 0 Å². The molecule has 0 atom stereocenters. The highest BCUT2D eigenvalue weighted by atomic mass is 15.3. The molecule has 1 fully saturated rings. The molecule has 0 unspecified atom stereocenters. The summed E-state index contributed by atoms with van der Waals surface area (Å²) in [6.07, 6.45) is 8.62. The lowest BCUT2D eigenvalue weighted by Crippen LogP contribution is -2.31. The van der Waals surface area contributed by atoms with Crippen molar-refractivity contribution in [2.45, 2.75) is 64.3 Å². The molecule has 1 aliphatic carbocycles. The van der Waals surface area contributed by atoms with Crippen molar-refractivity contribution in [2.24, 2.45) is 0 Å². The molecule has 0 bridgehead atoms. The standard InChI is InChI=1S/C25H32N6/c1-15(2)20-11-22-23(28-29-24(22)17-6-8-19(9-7-17)30(4)5)12-21(20)18-10-16(3)25-26-14-27-31(25)13-18/h10-15,17,19H,6-9H2,1-5H3,(H,28,29). The van der Waals surface area contributed by atoms with Gasteiger partial charge in [-0.2, -0.15) is 10.2 Å². The van der Waals surface area contributed by atoms with E-state index in [0.717, 1.165) is 16.7 Å². The van der Waals surface area contributed by atoms with Gasteiger partial charge >= 0.3 is 0 Å². The van der Waals surface area contributed by atoms with E-state index < -0.39 is 0 Å². The molecule has 0 radical (unpaired) electrons. The summed E-state index contributed by atoms with van der Waals surface area (Å²) in [5.41, 5.74) is 8.19. The van der Waals surface area contributed by atoms with Crippen molar-refractivity contribution in [1.29, 1.82) is 0 Å². The van der Waals surface area contributed by atoms with Crippen LogP contribution in [0.4, 0.5) is 0 Å². The number of benzene rings is 1. The van der Waals surface area contributed by atoms with E-state index >= 15 is 0 Å². The van der Waals surface area contributed by atoms with E-state index in [0.29, 0.717) is 17.9 Å². The molecule has 6 nitrogen and oxygen atoms in total. The summed E-state index contributed by atoms with van der Waals surface area (Å²) in [6, 6.07) is 7.59. The number of hydrogen-bond donors (Lipinski definition) is 1. The Kier molecular flexibility index (Phi) is 5.05. The van der Waals surface area contributed by atoms with E-state index in [1.54, 1.807) is 6.33 Å². The second kappa shape index (κ2) is 7.75. The number of fused-ring (bicyclic) bond motifs is 2. The van der Waals surface area contributed by atoms with Crippen molar-refractivity contribution in [3.05, 3.63) is 47.5 Å². The third-order valence-corrected chi connectivity index (χ3v) is 7.07. The van der Waals surface area contributed by atoms with Crippen LogP contribution in [0.15, 0.2) is 30.7 Å². The molecule has 3 aromatic heterocycles. The summed E-state index contributed by atoms with van der Waals surface area (Å²) in [5, 5.41) is 13.8. The fourth-order valence-electron chi connectivity index (χ4n) is 5.25. The van der Waals surface area contributed by atoms with Crippen LogP contribution in [-0.4, -0.2) is 49.8 Å². The van der Waals surface area contributed by atoms with Crippen LogP contribution in [0.1, 0.15) is 68.2 Å². The zero-order chi connectivity index (χ0) is 21.7. The van der Waals surface area contributed by atoms with Gasteiger partial charge in [0, 0.05) is 29.1 Å². The lowest BCUT2D eigenvalue weighted by Gasteiger charge is -2.32. The van der Waals surface area contributed by atoms with E-state index in [4.69, 9.17) is 5.10 Å². The Labute approximate surface area is 183 Å². The van der Waals surface area contributed by atoms with Crippen LogP contribution in [0.5, 0.6) is 0 Å². The molecule has 3 heterocycles. The summed E-state index contributed by atoms with van der Waals surface area (Å²) in [6.45, 7) is 6.64. The molecule has 1 aliphatic rings. The quantitative estimate of drug-likeness (QED) is 0.491. The maximum atomic E-state index is 4.82. The van der Waals surface area contributed by atoms with Gasteiger partial charge in [0.1, 0.15) is 6.33 Å². The summed E-state index contributed by atoms with van der Waals surface area (Å²) in [7, 11) is 4.40. The monoisotopic (exact) mass is 416 g/mol. The molecule has 5 rings (SSSR count). The number of rotatable bonds is 4. The SMILES string of the molecule is Cc1cc(-c2cc3[nH]nc(C4CCC(N(C)C)CC4)c3cc2C(C)C)cn2ncnc12. The fraction of sp³-hybridized carbons (Fsp3) is 0.480. The third-order valence-electron chi connectivity index (χ3n) is 7.07. The first-order valence-corrected chi connectivity index (χ1v) is 11.4. The Morgan fingerprint density at radius 2 is 1.87 bits per heavy atom. The highest BCUT2D eigenvalue weighted by Gasteiger charge is 2.27. The summed E-state index contributed by atoms with van der Waals surface area (Å²) >= 11 is 0. The van der Waals surface area contributed by atoms with Gasteiger partial charge in [0.25, 0.3) is 0 Å². The van der Waals surface area contributed by atoms with E-state index in [-0.39, 0.29) is 0 Å². The predicted molar refractivity (Wildman–Crippen MR) is 126 cm³/mol. The minimum Gasteiger partial charge on any atom is -0.306 e. The van der Waals surface area contributed by atoms with Gasteiger partial charge in [-0.15, -0.1) is 0 Å². The van der Waals surface area contributed by atoms with Crippen molar-refractivity contribution in [2.75, 3.05) is 14.1 Å². The van der Waals surface area contributed by atoms with Gasteiger partial charge in [-0.05, 0) is 87.5 Å². The first-order chi connectivity index (χ1) is 14.9. The van der Waals surface area contributed by atoms with Crippen LogP contribution < -0.4 is 0 Å². The maximum absolute atomic E-state index is 4.82. The first-order valence-electron chi connectivity index (χ1n) is 11.4. The summed E-state index contributed by atoms with van der Waals surface area (Å²) < 4.78 is 1.88. The molecule has 0 amide bonds. The first kappa shape index (κ1) is 20.2. The molecular formula is C25H32N6. The van der Waals surface area contributed by atoms with E-state index in [9.17, 15) is 0 Å². The maximum Gasteiger partial charge on any atom is 0.158 e. The van der Waals surface area contributed by atoms with Crippen LogP contribution in [0.25, 0.3) is 27.7 Å². The number of nitrogens with zero attached hydrogens (tertiary/aromatic N) is 5. The molecule has 1 aromatic carbocycles. The average molecular weight is 417 g/mol. The number of H-pyrrole nitrogens is 1. The molecule has 0 saturated heterocycles. The molecule has 0 spiro atoms. The van der Waals surface area contributed by atoms with E-state index in [1.165, 1.54) is 53.5 Å². The smallest absolute Gasteiger partial charge is 0.158 e. The lowest BCUT2D eigenvalue weighted by atomic mass is 9.82. The third kappa shape index (κ3) is 3.53. The molecule has 0 aliphatic heterocycles. The highest BCUT2D eigenvalue weighted by molar-refractivity contribution is 5.89. The van der Waals surface area contributed by atoms with Crippen LogP contribution in [0.3, 0.4) is 0 Å². The van der Waals surface area contributed by atoms with Crippen LogP contribution in [0, 0.1) is 6.92 Å². The Morgan fingerprint density at radius 3 is 2.58 bits per heavy atom. The molecule has 4 aromatic rings. The number of nitrogens with one attached hydrogen (secondary N) is 1. The topological polar surface area (TPSA) is 62.1 Å². The van der Waals surface area contributed by atoms with Crippen molar-refractivity contribution in [1.82, 2.24) is 29.7 Å². The van der Waals surface area contributed by atoms with Crippen LogP contribution in [0.2, 0.25) is 0 Å². The van der Waals surface area contributed by atoms with Crippen molar-refractivity contribution in [3.8, 4) is 11.1 Å². The van der Waals surface area contributed by atoms with E-state index in [2.05, 4.69) is 79.3 Å². The Bertz CT molecular complexity index is 1220. The number of aromatic amines is 1. The zero-order valence-electron chi connectivity index (χ0n) is 19.2. The van der Waals surface area contributed by atoms with Gasteiger partial charge in [-0.25, -0.2) is 9.50 Å². The van der Waals surface area contributed by atoms with E-state index in [1.807, 2.05) is 4.52 Å². The van der Waals surface area contributed by atoms with Gasteiger partial charge < -0.3 is 4.90 Å². The number of aromatic nitrogens is 5. The number of aryl methyl sites for hydroxylation is 1. The molecule has 1 N–H and O–H groups in total. The number of hydrogen-bond acceptors (Lipinski definition) is 4. The Hall–Kier alpha value is -2.73. The zero-order valence-corrected chi connectivity index (χ0v) is 19.2. The molecule has 6 heteroatoms. The average Bonchev–Trinajstić information content (AvgIpc) is 3.39. The minimum absolute atomic E-state index is 0.415. The lowest BCUT2D eigenvalue weighted by molar-refractivity contribution is 0.215. The molecular weight excluding hydrogens is 384 g/mol. The predicted octanol–water partition coefficient (Wildman–Crippen LogP) is 5.29. The van der Waals surface area contributed by atoms with Gasteiger partial charge in [0.2, 0.25) is 0 Å². The molecule has 31 heavy (non-hydrogen) atoms. The minimum atomic E-state index is 0.415. The second-order valence-electron chi connectivity index (χ2n) is 9.66. The fourth-order valence-corrected chi connectivity index (χ4v) is 5.25. The molecule has 1 saturated carbocycles. The normalized spacial score (nSPS) is 19.8. The Balaban J connectivity index is 1.57. The van der Waals surface area contributed by atoms with Crippen LogP contribution in [-0.2, 0) is 0 Å². The van der Waals surface area contributed by atoms with Gasteiger partial charge in [-0.1, -0.05) is 13.8 Å². The van der Waals surface area contributed by atoms with Gasteiger partial charge in [0.05, 0.1) is 11.2 Å². The highest BCUT2D eigenvalue weighted by Crippen LogP contribution is 2.39. The summed E-state index contributed by atoms with van der Waals surface area (Å²) in [4.78, 5) is 6.74. The largest absolute Gasteiger partial charge is 0.306 e. The van der Waals surface area contributed by atoms with Gasteiger partial charge in [0.15, 0.2) is 5.65 Å². The Morgan fingerprint density at radius 1 is 1.10 bits per heavy atom. The summed E-state index contributed by atoms with van der Waals surface area (Å²) in [5.74, 6) is 0.961. The second-order valence-corrected chi connectivity index (χ2v) is 9.66. The van der Waals surface area contributed by atoms with Crippen molar-refractivity contribution >= 4 is 16.6 Å². The van der Waals surface area contributed by atoms with Crippen molar-refractivity contribution in [3.63, 3.8) is 0 Å². The van der Waals surface area contributed by atoms with Gasteiger partial charge in [-0.3, -0.25) is 5.10 Å². The molecule has 162 valence electrons.